The lowest BCUT2D eigenvalue weighted by Gasteiger charge is -2.45. The van der Waals surface area contributed by atoms with Gasteiger partial charge in [-0.05, 0) is 12.2 Å². The molecule has 0 aromatic rings. The summed E-state index contributed by atoms with van der Waals surface area (Å²) in [6, 6.07) is 0. The summed E-state index contributed by atoms with van der Waals surface area (Å²) in [6.45, 7) is 9.44. The van der Waals surface area contributed by atoms with Crippen LogP contribution in [0.1, 0.15) is 26.7 Å². The van der Waals surface area contributed by atoms with E-state index in [1.165, 1.54) is 0 Å². The van der Waals surface area contributed by atoms with Crippen LogP contribution in [0.5, 0.6) is 0 Å². The highest BCUT2D eigenvalue weighted by Crippen LogP contribution is 2.30. The first-order valence-electron chi connectivity index (χ1n) is 10.2. The maximum absolute atomic E-state index is 9.71. The van der Waals surface area contributed by atoms with Crippen LogP contribution in [0.4, 0.5) is 0 Å². The summed E-state index contributed by atoms with van der Waals surface area (Å²) < 4.78 is 23.9. The number of β-amino-alcohol motifs (C(OH)–C–C–N with tert-alkyl or cyclic N) is 1. The predicted octanol–water partition coefficient (Wildman–Crippen LogP) is 0.546. The summed E-state index contributed by atoms with van der Waals surface area (Å²) in [6.07, 6.45) is 8.75. The number of nitrogens with one attached hydrogen (secondary N) is 2. The predicted molar refractivity (Wildman–Crippen MR) is 106 cm³/mol. The summed E-state index contributed by atoms with van der Waals surface area (Å²) in [7, 11) is 0. The molecule has 28 heavy (non-hydrogen) atoms. The van der Waals surface area contributed by atoms with E-state index in [0.717, 1.165) is 26.2 Å². The van der Waals surface area contributed by atoms with Crippen molar-refractivity contribution >= 4 is 0 Å². The van der Waals surface area contributed by atoms with E-state index < -0.39 is 17.1 Å². The number of hydrogen-bond donors (Lipinski definition) is 3. The molecule has 8 heteroatoms. The number of aliphatic hydroxyl groups is 1. The van der Waals surface area contributed by atoms with E-state index in [4.69, 9.17) is 18.9 Å². The van der Waals surface area contributed by atoms with Gasteiger partial charge in [0.05, 0.1) is 37.9 Å². The van der Waals surface area contributed by atoms with Crippen LogP contribution < -0.4 is 10.6 Å². The summed E-state index contributed by atoms with van der Waals surface area (Å²) in [5.74, 6) is -1.33. The SMILES string of the molecule is CC1(OCC2(COC3(C)CC=CO3)CNCCNCCN2CCO)CC=CO1. The molecule has 3 aliphatic heterocycles. The van der Waals surface area contributed by atoms with Crippen molar-refractivity contribution in [3.05, 3.63) is 24.7 Å². The van der Waals surface area contributed by atoms with Gasteiger partial charge in [-0.25, -0.2) is 0 Å². The molecule has 2 unspecified atom stereocenters. The Balaban J connectivity index is 1.77. The quantitative estimate of drug-likeness (QED) is 0.548. The third-order valence-electron chi connectivity index (χ3n) is 5.63. The molecular weight excluding hydrogens is 362 g/mol. The minimum absolute atomic E-state index is 0.0758. The van der Waals surface area contributed by atoms with Gasteiger partial charge < -0.3 is 34.7 Å². The molecule has 8 nitrogen and oxygen atoms in total. The van der Waals surface area contributed by atoms with Gasteiger partial charge in [-0.2, -0.15) is 0 Å². The average Bonchev–Trinajstić information content (AvgIpc) is 3.32. The molecule has 0 saturated carbocycles. The lowest BCUT2D eigenvalue weighted by molar-refractivity contribution is -0.233. The van der Waals surface area contributed by atoms with Crippen molar-refractivity contribution in [1.29, 1.82) is 0 Å². The summed E-state index contributed by atoms with van der Waals surface area (Å²) in [5.41, 5.74) is -0.460. The van der Waals surface area contributed by atoms with Gasteiger partial charge in [-0.15, -0.1) is 0 Å². The van der Waals surface area contributed by atoms with Gasteiger partial charge >= 0.3 is 0 Å². The Bertz CT molecular complexity index is 506. The Hall–Kier alpha value is -1.16. The normalized spacial score (nSPS) is 36.5. The molecule has 0 aliphatic carbocycles. The van der Waals surface area contributed by atoms with Gasteiger partial charge in [0.1, 0.15) is 0 Å². The maximum Gasteiger partial charge on any atom is 0.210 e. The van der Waals surface area contributed by atoms with Crippen LogP contribution in [0, 0.1) is 0 Å². The Morgan fingerprint density at radius 1 is 0.964 bits per heavy atom. The molecule has 1 saturated heterocycles. The van der Waals surface area contributed by atoms with Crippen LogP contribution in [0.25, 0.3) is 0 Å². The lowest BCUT2D eigenvalue weighted by Crippen LogP contribution is -2.63. The van der Waals surface area contributed by atoms with Gasteiger partial charge in [0.15, 0.2) is 0 Å². The van der Waals surface area contributed by atoms with Crippen LogP contribution in [0.2, 0.25) is 0 Å². The molecule has 0 radical (unpaired) electrons. The molecule has 3 N–H and O–H groups in total. The van der Waals surface area contributed by atoms with Crippen LogP contribution in [0.15, 0.2) is 24.7 Å². The highest BCUT2D eigenvalue weighted by Gasteiger charge is 2.43. The molecule has 3 heterocycles. The van der Waals surface area contributed by atoms with Crippen LogP contribution >= 0.6 is 0 Å². The largest absolute Gasteiger partial charge is 0.470 e. The van der Waals surface area contributed by atoms with Crippen LogP contribution in [-0.4, -0.2) is 86.2 Å². The van der Waals surface area contributed by atoms with Crippen molar-refractivity contribution in [3.8, 4) is 0 Å². The molecule has 0 amide bonds. The van der Waals surface area contributed by atoms with E-state index in [9.17, 15) is 5.11 Å². The van der Waals surface area contributed by atoms with E-state index in [2.05, 4.69) is 15.5 Å². The second kappa shape index (κ2) is 9.56. The Labute approximate surface area is 167 Å². The van der Waals surface area contributed by atoms with E-state index in [-0.39, 0.29) is 6.61 Å². The monoisotopic (exact) mass is 397 g/mol. The van der Waals surface area contributed by atoms with E-state index in [1.807, 2.05) is 26.0 Å². The van der Waals surface area contributed by atoms with Crippen molar-refractivity contribution < 1.29 is 24.1 Å². The molecule has 0 bridgehead atoms. The topological polar surface area (TPSA) is 84.5 Å². The number of nitrogens with zero attached hydrogens (tertiary/aromatic N) is 1. The molecule has 3 rings (SSSR count). The minimum atomic E-state index is -0.663. The van der Waals surface area contributed by atoms with Gasteiger partial charge in [-0.3, -0.25) is 4.90 Å². The summed E-state index contributed by atoms with van der Waals surface area (Å²) in [5, 5.41) is 16.7. The maximum atomic E-state index is 9.71. The first-order chi connectivity index (χ1) is 13.5. The third-order valence-corrected chi connectivity index (χ3v) is 5.63. The number of aliphatic hydroxyl groups excluding tert-OH is 1. The third kappa shape index (κ3) is 5.46. The molecule has 0 spiro atoms. The smallest absolute Gasteiger partial charge is 0.210 e. The number of ether oxygens (including phenoxy) is 4. The van der Waals surface area contributed by atoms with Gasteiger partial charge in [0.2, 0.25) is 11.6 Å². The lowest BCUT2D eigenvalue weighted by atomic mass is 9.97. The highest BCUT2D eigenvalue weighted by atomic mass is 16.7. The van der Waals surface area contributed by atoms with E-state index in [0.29, 0.717) is 39.1 Å². The first-order valence-corrected chi connectivity index (χ1v) is 10.2. The van der Waals surface area contributed by atoms with Crippen LogP contribution in [0.3, 0.4) is 0 Å². The summed E-state index contributed by atoms with van der Waals surface area (Å²) >= 11 is 0. The van der Waals surface area contributed by atoms with Crippen molar-refractivity contribution in [2.75, 3.05) is 59.1 Å². The molecule has 2 atom stereocenters. The van der Waals surface area contributed by atoms with Crippen molar-refractivity contribution in [2.45, 2.75) is 43.8 Å². The van der Waals surface area contributed by atoms with Crippen molar-refractivity contribution in [1.82, 2.24) is 15.5 Å². The number of hydrogen-bond acceptors (Lipinski definition) is 8. The highest BCUT2D eigenvalue weighted by molar-refractivity contribution is 4.98. The van der Waals surface area contributed by atoms with E-state index >= 15 is 0 Å². The first kappa shape index (κ1) is 21.5. The molecule has 0 aromatic carbocycles. The fourth-order valence-electron chi connectivity index (χ4n) is 3.75. The fourth-order valence-corrected chi connectivity index (χ4v) is 3.75. The minimum Gasteiger partial charge on any atom is -0.470 e. The standard InChI is InChI=1S/C20H35N3O5/c1-18(5-3-13-25-18)27-16-20(17-28-19(2)6-4-14-26-19)15-22-8-7-21-9-10-23(20)11-12-24/h3-4,13-14,21-22,24H,5-12,15-17H2,1-2H3. The molecule has 3 aliphatic rings. The number of rotatable bonds is 8. The van der Waals surface area contributed by atoms with E-state index in [1.54, 1.807) is 12.5 Å². The summed E-state index contributed by atoms with van der Waals surface area (Å²) in [4.78, 5) is 2.26. The zero-order chi connectivity index (χ0) is 19.9. The Morgan fingerprint density at radius 2 is 1.57 bits per heavy atom. The molecular formula is C20H35N3O5. The van der Waals surface area contributed by atoms with Gasteiger partial charge in [0.25, 0.3) is 0 Å². The molecule has 1 fully saturated rings. The van der Waals surface area contributed by atoms with Gasteiger partial charge in [-0.1, -0.05) is 0 Å². The van der Waals surface area contributed by atoms with Gasteiger partial charge in [0, 0.05) is 66.0 Å². The van der Waals surface area contributed by atoms with Crippen molar-refractivity contribution in [3.63, 3.8) is 0 Å². The average molecular weight is 398 g/mol. The second-order valence-corrected chi connectivity index (χ2v) is 8.09. The van der Waals surface area contributed by atoms with Crippen LogP contribution in [-0.2, 0) is 18.9 Å². The Morgan fingerprint density at radius 3 is 2.11 bits per heavy atom. The molecule has 160 valence electrons. The van der Waals surface area contributed by atoms with Crippen molar-refractivity contribution in [2.24, 2.45) is 0 Å². The Kier molecular flexibility index (Phi) is 7.36. The zero-order valence-corrected chi connectivity index (χ0v) is 17.1. The second-order valence-electron chi connectivity index (χ2n) is 8.09. The zero-order valence-electron chi connectivity index (χ0n) is 17.1. The molecule has 0 aromatic heterocycles. The fraction of sp³-hybridized carbons (Fsp3) is 0.800.